The lowest BCUT2D eigenvalue weighted by molar-refractivity contribution is 0.660. The third-order valence-corrected chi connectivity index (χ3v) is 16.8. The minimum atomic E-state index is -2.63. The van der Waals surface area contributed by atoms with Crippen molar-refractivity contribution in [3.05, 3.63) is 217 Å². The summed E-state index contributed by atoms with van der Waals surface area (Å²) in [4.78, 5) is 0. The lowest BCUT2D eigenvalue weighted by Gasteiger charge is -2.34. The van der Waals surface area contributed by atoms with Gasteiger partial charge in [0, 0.05) is 5.41 Å². The molecule has 0 N–H and O–H groups in total. The molecule has 10 rings (SSSR count). The van der Waals surface area contributed by atoms with Gasteiger partial charge in [-0.1, -0.05) is 214 Å². The number of rotatable bonds is 6. The van der Waals surface area contributed by atoms with Crippen molar-refractivity contribution in [3.8, 4) is 33.4 Å². The number of hydrogen-bond donors (Lipinski definition) is 0. The van der Waals surface area contributed by atoms with Gasteiger partial charge in [0.05, 0.1) is 0 Å². The fourth-order valence-electron chi connectivity index (χ4n) is 9.56. The van der Waals surface area contributed by atoms with Crippen molar-refractivity contribution in [2.45, 2.75) is 19.3 Å². The van der Waals surface area contributed by atoms with E-state index in [9.17, 15) is 0 Å². The Balaban J connectivity index is 1.19. The second-order valence-electron chi connectivity index (χ2n) is 15.2. The van der Waals surface area contributed by atoms with Crippen molar-refractivity contribution in [2.75, 3.05) is 0 Å². The Bertz CT molecular complexity index is 2660. The summed E-state index contributed by atoms with van der Waals surface area (Å²) in [5, 5.41) is 10.7. The SMILES string of the molecule is CC1(C)c2ccccc2-c2ccc(-c3c4ccccc4c(-c4ccc([Si](c5ccccc5)(c5ccccc5)c5ccccc5)cc4)c4ccccc34)cc21. The van der Waals surface area contributed by atoms with Crippen LogP contribution in [0.15, 0.2) is 206 Å². The number of hydrogen-bond acceptors (Lipinski definition) is 0. The summed E-state index contributed by atoms with van der Waals surface area (Å²) in [6, 6.07) is 77.3. The van der Waals surface area contributed by atoms with Crippen LogP contribution in [0.5, 0.6) is 0 Å². The summed E-state index contributed by atoms with van der Waals surface area (Å²) in [6.45, 7) is 4.74. The molecule has 256 valence electrons. The molecular formula is C53H40Si. The maximum atomic E-state index is 2.47. The van der Waals surface area contributed by atoms with Gasteiger partial charge in [-0.3, -0.25) is 0 Å². The molecule has 0 saturated carbocycles. The molecule has 0 amide bonds. The van der Waals surface area contributed by atoms with Crippen LogP contribution in [0, 0.1) is 0 Å². The predicted molar refractivity (Wildman–Crippen MR) is 234 cm³/mol. The van der Waals surface area contributed by atoms with Crippen LogP contribution >= 0.6 is 0 Å². The molecule has 54 heavy (non-hydrogen) atoms. The molecule has 0 spiro atoms. The van der Waals surface area contributed by atoms with Gasteiger partial charge in [-0.2, -0.15) is 0 Å². The van der Waals surface area contributed by atoms with Gasteiger partial charge >= 0.3 is 0 Å². The molecule has 0 atom stereocenters. The van der Waals surface area contributed by atoms with Crippen molar-refractivity contribution in [2.24, 2.45) is 0 Å². The quantitative estimate of drug-likeness (QED) is 0.0918. The van der Waals surface area contributed by atoms with Crippen LogP contribution in [-0.2, 0) is 5.41 Å². The summed E-state index contributed by atoms with van der Waals surface area (Å²) in [5.41, 5.74) is 10.6. The molecule has 0 aromatic heterocycles. The Morgan fingerprint density at radius 1 is 0.315 bits per heavy atom. The molecule has 9 aromatic rings. The first-order valence-electron chi connectivity index (χ1n) is 19.0. The van der Waals surface area contributed by atoms with Gasteiger partial charge in [0.2, 0.25) is 0 Å². The van der Waals surface area contributed by atoms with Crippen molar-refractivity contribution in [3.63, 3.8) is 0 Å². The fourth-order valence-corrected chi connectivity index (χ4v) is 14.3. The van der Waals surface area contributed by atoms with E-state index in [2.05, 4.69) is 220 Å². The van der Waals surface area contributed by atoms with Gasteiger partial charge in [0.25, 0.3) is 0 Å². The average Bonchev–Trinajstić information content (AvgIpc) is 3.47. The number of fused-ring (bicyclic) bond motifs is 5. The van der Waals surface area contributed by atoms with E-state index in [1.54, 1.807) is 0 Å². The molecule has 9 aromatic carbocycles. The van der Waals surface area contributed by atoms with Crippen molar-refractivity contribution < 1.29 is 0 Å². The van der Waals surface area contributed by atoms with Gasteiger partial charge in [-0.15, -0.1) is 0 Å². The molecule has 0 heterocycles. The lowest BCUT2D eigenvalue weighted by atomic mass is 9.80. The third kappa shape index (κ3) is 4.82. The van der Waals surface area contributed by atoms with Crippen LogP contribution in [-0.4, -0.2) is 8.07 Å². The van der Waals surface area contributed by atoms with Gasteiger partial charge in [0.1, 0.15) is 0 Å². The summed E-state index contributed by atoms with van der Waals surface area (Å²) < 4.78 is 0. The van der Waals surface area contributed by atoms with E-state index in [0.717, 1.165) is 0 Å². The normalized spacial score (nSPS) is 13.1. The first-order chi connectivity index (χ1) is 26.6. The van der Waals surface area contributed by atoms with E-state index in [4.69, 9.17) is 0 Å². The topological polar surface area (TPSA) is 0 Å². The molecule has 0 unspecified atom stereocenters. The fraction of sp³-hybridized carbons (Fsp3) is 0.0566. The molecule has 1 aliphatic carbocycles. The smallest absolute Gasteiger partial charge is 0.0623 e. The monoisotopic (exact) mass is 704 g/mol. The summed E-state index contributed by atoms with van der Waals surface area (Å²) in [5.74, 6) is 0. The first-order valence-corrected chi connectivity index (χ1v) is 21.0. The highest BCUT2D eigenvalue weighted by Crippen LogP contribution is 2.51. The maximum Gasteiger partial charge on any atom is 0.179 e. The molecule has 0 nitrogen and oxygen atoms in total. The van der Waals surface area contributed by atoms with Crippen molar-refractivity contribution in [1.82, 2.24) is 0 Å². The Morgan fingerprint density at radius 2 is 0.685 bits per heavy atom. The minimum absolute atomic E-state index is 0.0625. The second kappa shape index (κ2) is 12.7. The van der Waals surface area contributed by atoms with Gasteiger partial charge in [0.15, 0.2) is 8.07 Å². The van der Waals surface area contributed by atoms with E-state index < -0.39 is 8.07 Å². The molecule has 1 heteroatoms. The highest BCUT2D eigenvalue weighted by molar-refractivity contribution is 7.19. The van der Waals surface area contributed by atoms with Crippen LogP contribution in [0.1, 0.15) is 25.0 Å². The zero-order valence-electron chi connectivity index (χ0n) is 30.6. The molecule has 0 saturated heterocycles. The van der Waals surface area contributed by atoms with Crippen LogP contribution < -0.4 is 20.7 Å². The summed E-state index contributed by atoms with van der Waals surface area (Å²) >= 11 is 0. The predicted octanol–water partition coefficient (Wildman–Crippen LogP) is 11.0. The van der Waals surface area contributed by atoms with E-state index in [-0.39, 0.29) is 5.41 Å². The van der Waals surface area contributed by atoms with Crippen LogP contribution in [0.25, 0.3) is 54.9 Å². The van der Waals surface area contributed by atoms with Crippen LogP contribution in [0.4, 0.5) is 0 Å². The van der Waals surface area contributed by atoms with Gasteiger partial charge in [-0.25, -0.2) is 0 Å². The maximum absolute atomic E-state index is 2.63. The molecule has 0 fully saturated rings. The highest BCUT2D eigenvalue weighted by atomic mass is 28.3. The van der Waals surface area contributed by atoms with Crippen molar-refractivity contribution in [1.29, 1.82) is 0 Å². The Hall–Kier alpha value is -6.28. The Labute approximate surface area is 319 Å². The van der Waals surface area contributed by atoms with E-state index in [1.165, 1.54) is 86.8 Å². The molecule has 0 radical (unpaired) electrons. The second-order valence-corrected chi connectivity index (χ2v) is 19.0. The van der Waals surface area contributed by atoms with E-state index in [1.807, 2.05) is 0 Å². The molecule has 1 aliphatic rings. The molecule has 0 bridgehead atoms. The standard InChI is InChI=1S/C53H40Si/c1-53(2)49-29-17-16-24-43(49)44-35-32-38(36-50(44)53)52-47-27-14-12-25-45(47)51(46-26-13-15-28-48(46)52)37-30-33-42(34-31-37)54(39-18-6-3-7-19-39,40-20-8-4-9-21-40)41-22-10-5-11-23-41/h3-36H,1-2H3. The summed E-state index contributed by atoms with van der Waals surface area (Å²) in [7, 11) is -2.63. The zero-order valence-corrected chi connectivity index (χ0v) is 31.6. The third-order valence-electron chi connectivity index (χ3n) is 12.0. The number of benzene rings is 9. The molecular weight excluding hydrogens is 665 g/mol. The van der Waals surface area contributed by atoms with Crippen molar-refractivity contribution >= 4 is 50.4 Å². The average molecular weight is 705 g/mol. The highest BCUT2D eigenvalue weighted by Gasteiger charge is 2.41. The minimum Gasteiger partial charge on any atom is -0.0623 e. The van der Waals surface area contributed by atoms with Crippen LogP contribution in [0.2, 0.25) is 0 Å². The first kappa shape index (κ1) is 32.4. The van der Waals surface area contributed by atoms with E-state index in [0.29, 0.717) is 0 Å². The van der Waals surface area contributed by atoms with E-state index >= 15 is 0 Å². The molecule has 0 aliphatic heterocycles. The van der Waals surface area contributed by atoms with Gasteiger partial charge < -0.3 is 0 Å². The summed E-state index contributed by atoms with van der Waals surface area (Å²) in [6.07, 6.45) is 0. The van der Waals surface area contributed by atoms with Gasteiger partial charge in [-0.05, 0) is 92.9 Å². The lowest BCUT2D eigenvalue weighted by Crippen LogP contribution is -2.74. The zero-order chi connectivity index (χ0) is 36.3. The Morgan fingerprint density at radius 3 is 1.19 bits per heavy atom. The largest absolute Gasteiger partial charge is 0.179 e. The van der Waals surface area contributed by atoms with Crippen LogP contribution in [0.3, 0.4) is 0 Å². The Kier molecular flexibility index (Phi) is 7.61.